The van der Waals surface area contributed by atoms with E-state index in [-0.39, 0.29) is 5.91 Å². The topological polar surface area (TPSA) is 78.6 Å². The number of hydrogen-bond acceptors (Lipinski definition) is 4. The van der Waals surface area contributed by atoms with Gasteiger partial charge in [-0.1, -0.05) is 6.07 Å². The summed E-state index contributed by atoms with van der Waals surface area (Å²) < 4.78 is 0. The van der Waals surface area contributed by atoms with E-state index >= 15 is 0 Å². The number of nitrogens with zero attached hydrogens (tertiary/aromatic N) is 1. The molecule has 1 fully saturated rings. The number of rotatable bonds is 1. The van der Waals surface area contributed by atoms with Gasteiger partial charge in [-0.15, -0.1) is 0 Å². The molecule has 2 aliphatic heterocycles. The summed E-state index contributed by atoms with van der Waals surface area (Å²) in [7, 11) is 0. The van der Waals surface area contributed by atoms with Gasteiger partial charge in [-0.25, -0.2) is 0 Å². The predicted octanol–water partition coefficient (Wildman–Crippen LogP) is 1.38. The first-order valence-corrected chi connectivity index (χ1v) is 7.14. The molecule has 0 radical (unpaired) electrons. The number of aliphatic hydroxyl groups is 1. The largest absolute Gasteiger partial charge is 0.390 e. The highest BCUT2D eigenvalue weighted by Crippen LogP contribution is 2.34. The second kappa shape index (κ2) is 4.75. The predicted molar refractivity (Wildman–Crippen MR) is 78.7 cm³/mol. The van der Waals surface area contributed by atoms with Gasteiger partial charge in [0.25, 0.3) is 0 Å². The minimum atomic E-state index is -0.567. The molecule has 1 amide bonds. The maximum atomic E-state index is 11.6. The summed E-state index contributed by atoms with van der Waals surface area (Å²) >= 11 is 0. The highest BCUT2D eigenvalue weighted by atomic mass is 16.3. The van der Waals surface area contributed by atoms with E-state index in [1.807, 2.05) is 25.1 Å². The fraction of sp³-hybridized carbons (Fsp3) is 0.533. The molecule has 3 rings (SSSR count). The van der Waals surface area contributed by atoms with Crippen molar-refractivity contribution < 1.29 is 9.90 Å². The summed E-state index contributed by atoms with van der Waals surface area (Å²) in [4.78, 5) is 13.8. The van der Waals surface area contributed by atoms with E-state index in [0.717, 1.165) is 49.3 Å². The summed E-state index contributed by atoms with van der Waals surface area (Å²) in [5.41, 5.74) is 8.01. The van der Waals surface area contributed by atoms with Gasteiger partial charge in [0.15, 0.2) is 0 Å². The number of benzene rings is 1. The molecule has 1 aromatic carbocycles. The SMILES string of the molecule is CC1(O)CCCN(c2ccc3c(c2)NC(=O)C3N)CC1. The van der Waals surface area contributed by atoms with Crippen LogP contribution in [0.5, 0.6) is 0 Å². The Morgan fingerprint density at radius 2 is 2.20 bits per heavy atom. The summed E-state index contributed by atoms with van der Waals surface area (Å²) in [6, 6.07) is 5.37. The Kier molecular flexibility index (Phi) is 3.18. The van der Waals surface area contributed by atoms with Crippen molar-refractivity contribution in [2.75, 3.05) is 23.3 Å². The van der Waals surface area contributed by atoms with Gasteiger partial charge in [0.1, 0.15) is 6.04 Å². The zero-order valence-corrected chi connectivity index (χ0v) is 11.7. The zero-order valence-electron chi connectivity index (χ0n) is 11.7. The number of nitrogens with two attached hydrogens (primary N) is 1. The van der Waals surface area contributed by atoms with Crippen LogP contribution in [0.4, 0.5) is 11.4 Å². The smallest absolute Gasteiger partial charge is 0.245 e. The molecular formula is C15H21N3O2. The first-order valence-electron chi connectivity index (χ1n) is 7.14. The van der Waals surface area contributed by atoms with E-state index in [1.165, 1.54) is 0 Å². The van der Waals surface area contributed by atoms with E-state index in [1.54, 1.807) is 0 Å². The van der Waals surface area contributed by atoms with Crippen LogP contribution < -0.4 is 16.0 Å². The summed E-state index contributed by atoms with van der Waals surface area (Å²) in [6.07, 6.45) is 2.56. The fourth-order valence-corrected chi connectivity index (χ4v) is 2.99. The molecule has 2 aliphatic rings. The molecule has 0 aromatic heterocycles. The van der Waals surface area contributed by atoms with E-state index < -0.39 is 11.6 Å². The number of nitrogens with one attached hydrogen (secondary N) is 1. The van der Waals surface area contributed by atoms with Crippen molar-refractivity contribution >= 4 is 17.3 Å². The lowest BCUT2D eigenvalue weighted by Crippen LogP contribution is -2.28. The molecule has 0 saturated carbocycles. The number of hydrogen-bond donors (Lipinski definition) is 3. The molecule has 2 heterocycles. The first-order chi connectivity index (χ1) is 9.46. The Morgan fingerprint density at radius 3 is 3.00 bits per heavy atom. The summed E-state index contributed by atoms with van der Waals surface area (Å²) in [5.74, 6) is -0.143. The molecule has 20 heavy (non-hydrogen) atoms. The number of carbonyl (C=O) groups excluding carboxylic acids is 1. The summed E-state index contributed by atoms with van der Waals surface area (Å²) in [5, 5.41) is 13.0. The first kappa shape index (κ1) is 13.4. The molecule has 2 unspecified atom stereocenters. The molecule has 108 valence electrons. The molecule has 4 N–H and O–H groups in total. The Morgan fingerprint density at radius 1 is 1.40 bits per heavy atom. The standard InChI is InChI=1S/C15H21N3O2/c1-15(20)5-2-7-18(8-6-15)10-3-4-11-12(9-10)17-14(19)13(11)16/h3-4,9,13,20H,2,5-8,16H2,1H3,(H,17,19). The Balaban J connectivity index is 1.82. The van der Waals surface area contributed by atoms with Crippen LogP contribution in [0.3, 0.4) is 0 Å². The van der Waals surface area contributed by atoms with Crippen LogP contribution in [-0.4, -0.2) is 29.7 Å². The van der Waals surface area contributed by atoms with E-state index in [2.05, 4.69) is 10.2 Å². The molecule has 5 heteroatoms. The lowest BCUT2D eigenvalue weighted by atomic mass is 9.98. The van der Waals surface area contributed by atoms with Crippen LogP contribution in [0, 0.1) is 0 Å². The maximum Gasteiger partial charge on any atom is 0.245 e. The van der Waals surface area contributed by atoms with Gasteiger partial charge in [0, 0.05) is 30.0 Å². The third kappa shape index (κ3) is 2.39. The molecule has 1 saturated heterocycles. The van der Waals surface area contributed by atoms with Gasteiger partial charge in [0.05, 0.1) is 5.60 Å². The van der Waals surface area contributed by atoms with Gasteiger partial charge >= 0.3 is 0 Å². The second-order valence-corrected chi connectivity index (χ2v) is 6.08. The lowest BCUT2D eigenvalue weighted by molar-refractivity contribution is -0.116. The van der Waals surface area contributed by atoms with Crippen molar-refractivity contribution in [1.82, 2.24) is 0 Å². The Hall–Kier alpha value is -1.59. The van der Waals surface area contributed by atoms with Gasteiger partial charge in [-0.2, -0.15) is 0 Å². The molecule has 0 spiro atoms. The van der Waals surface area contributed by atoms with Crippen molar-refractivity contribution in [3.63, 3.8) is 0 Å². The van der Waals surface area contributed by atoms with Crippen LogP contribution in [0.1, 0.15) is 37.8 Å². The number of carbonyl (C=O) groups is 1. The van der Waals surface area contributed by atoms with Crippen LogP contribution in [0.25, 0.3) is 0 Å². The van der Waals surface area contributed by atoms with Gasteiger partial charge in [-0.3, -0.25) is 4.79 Å². The molecular weight excluding hydrogens is 254 g/mol. The average molecular weight is 275 g/mol. The van der Waals surface area contributed by atoms with Crippen molar-refractivity contribution in [3.8, 4) is 0 Å². The second-order valence-electron chi connectivity index (χ2n) is 6.08. The fourth-order valence-electron chi connectivity index (χ4n) is 2.99. The van der Waals surface area contributed by atoms with Crippen molar-refractivity contribution in [2.45, 2.75) is 37.8 Å². The van der Waals surface area contributed by atoms with Crippen molar-refractivity contribution in [2.24, 2.45) is 5.73 Å². The summed E-state index contributed by atoms with van der Waals surface area (Å²) in [6.45, 7) is 3.65. The monoisotopic (exact) mass is 275 g/mol. The highest BCUT2D eigenvalue weighted by Gasteiger charge is 2.29. The zero-order chi connectivity index (χ0) is 14.3. The lowest BCUT2D eigenvalue weighted by Gasteiger charge is -2.24. The molecule has 1 aromatic rings. The van der Waals surface area contributed by atoms with E-state index in [4.69, 9.17) is 5.73 Å². The third-order valence-corrected chi connectivity index (χ3v) is 4.34. The van der Waals surface area contributed by atoms with Gasteiger partial charge in [0.2, 0.25) is 5.91 Å². The van der Waals surface area contributed by atoms with Crippen LogP contribution in [0.15, 0.2) is 18.2 Å². The molecule has 0 bridgehead atoms. The minimum Gasteiger partial charge on any atom is -0.390 e. The maximum absolute atomic E-state index is 11.6. The number of anilines is 2. The average Bonchev–Trinajstić information content (AvgIpc) is 2.57. The molecule has 0 aliphatic carbocycles. The minimum absolute atomic E-state index is 0.143. The van der Waals surface area contributed by atoms with Gasteiger partial charge in [-0.05, 0) is 38.3 Å². The number of fused-ring (bicyclic) bond motifs is 1. The molecule has 5 nitrogen and oxygen atoms in total. The van der Waals surface area contributed by atoms with E-state index in [0.29, 0.717) is 0 Å². The Labute approximate surface area is 118 Å². The highest BCUT2D eigenvalue weighted by molar-refractivity contribution is 6.02. The third-order valence-electron chi connectivity index (χ3n) is 4.34. The quantitative estimate of drug-likeness (QED) is 0.723. The van der Waals surface area contributed by atoms with Gasteiger partial charge < -0.3 is 21.1 Å². The Bertz CT molecular complexity index is 542. The van der Waals surface area contributed by atoms with E-state index in [9.17, 15) is 9.90 Å². The van der Waals surface area contributed by atoms with Crippen molar-refractivity contribution in [3.05, 3.63) is 23.8 Å². The normalized spacial score (nSPS) is 29.9. The molecule has 2 atom stereocenters. The van der Waals surface area contributed by atoms with Crippen LogP contribution in [0.2, 0.25) is 0 Å². The number of amides is 1. The van der Waals surface area contributed by atoms with Crippen molar-refractivity contribution in [1.29, 1.82) is 0 Å². The van der Waals surface area contributed by atoms with Crippen LogP contribution >= 0.6 is 0 Å². The van der Waals surface area contributed by atoms with Crippen LogP contribution in [-0.2, 0) is 4.79 Å².